The third kappa shape index (κ3) is 6.73. The summed E-state index contributed by atoms with van der Waals surface area (Å²) in [6.07, 6.45) is 12.2. The largest absolute Gasteiger partial charge is 0.493 e. The molecule has 1 amide bonds. The lowest BCUT2D eigenvalue weighted by molar-refractivity contribution is -0.123. The van der Waals surface area contributed by atoms with Gasteiger partial charge in [-0.1, -0.05) is 36.4 Å². The molecule has 1 aromatic carbocycles. The first-order valence-corrected chi connectivity index (χ1v) is 11.7. The van der Waals surface area contributed by atoms with E-state index in [1.54, 1.807) is 6.26 Å². The molecule has 0 bridgehead atoms. The zero-order valence-corrected chi connectivity index (χ0v) is 18.8. The van der Waals surface area contributed by atoms with E-state index in [0.717, 1.165) is 50.1 Å². The summed E-state index contributed by atoms with van der Waals surface area (Å²) >= 11 is 0. The summed E-state index contributed by atoms with van der Waals surface area (Å²) < 4.78 is 17.1. The normalized spacial score (nSPS) is 20.0. The number of para-hydroxylation sites is 1. The topological polar surface area (TPSA) is 80.3 Å². The van der Waals surface area contributed by atoms with Crippen LogP contribution in [-0.4, -0.2) is 54.3 Å². The predicted molar refractivity (Wildman–Crippen MR) is 125 cm³/mol. The van der Waals surface area contributed by atoms with Gasteiger partial charge in [0, 0.05) is 6.54 Å². The first-order chi connectivity index (χ1) is 16.2. The molecule has 7 heteroatoms. The number of allylic oxidation sites excluding steroid dienone is 4. The molecule has 2 heterocycles. The first-order valence-electron chi connectivity index (χ1n) is 11.7. The van der Waals surface area contributed by atoms with Crippen LogP contribution < -0.4 is 10.1 Å². The molecule has 1 aliphatic carbocycles. The Morgan fingerprint density at radius 2 is 2.00 bits per heavy atom. The lowest BCUT2D eigenvalue weighted by Crippen LogP contribution is -2.51. The molecule has 0 spiro atoms. The summed E-state index contributed by atoms with van der Waals surface area (Å²) in [7, 11) is 0. The molecular weight excluding hydrogens is 420 g/mol. The van der Waals surface area contributed by atoms with Crippen molar-refractivity contribution in [1.29, 1.82) is 0 Å². The Bertz CT molecular complexity index is 916. The average molecular weight is 453 g/mol. The zero-order chi connectivity index (χ0) is 22.9. The van der Waals surface area contributed by atoms with Gasteiger partial charge in [0.05, 0.1) is 19.1 Å². The minimum atomic E-state index is -1.03. The zero-order valence-electron chi connectivity index (χ0n) is 18.8. The quantitative estimate of drug-likeness (QED) is 0.566. The molecule has 0 saturated carbocycles. The first kappa shape index (κ1) is 23.1. The number of rotatable bonds is 10. The molecule has 1 fully saturated rings. The second-order valence-electron chi connectivity index (χ2n) is 8.44. The highest BCUT2D eigenvalue weighted by atomic mass is 16.6. The fourth-order valence-corrected chi connectivity index (χ4v) is 4.14. The number of amides is 1. The Morgan fingerprint density at radius 1 is 1.18 bits per heavy atom. The number of aliphatic hydroxyl groups is 1. The van der Waals surface area contributed by atoms with Crippen LogP contribution in [0.1, 0.15) is 32.1 Å². The van der Waals surface area contributed by atoms with Gasteiger partial charge in [-0.25, -0.2) is 0 Å². The van der Waals surface area contributed by atoms with Crippen LogP contribution in [0.15, 0.2) is 78.2 Å². The Morgan fingerprint density at radius 3 is 2.76 bits per heavy atom. The maximum absolute atomic E-state index is 12.7. The third-order valence-corrected chi connectivity index (χ3v) is 5.93. The molecule has 176 valence electrons. The van der Waals surface area contributed by atoms with Crippen molar-refractivity contribution in [3.8, 4) is 5.75 Å². The smallest absolute Gasteiger partial charge is 0.223 e. The molecule has 7 nitrogen and oxygen atoms in total. The van der Waals surface area contributed by atoms with Crippen molar-refractivity contribution in [3.63, 3.8) is 0 Å². The Kier molecular flexibility index (Phi) is 8.22. The van der Waals surface area contributed by atoms with Crippen molar-refractivity contribution in [2.45, 2.75) is 44.2 Å². The van der Waals surface area contributed by atoms with E-state index >= 15 is 0 Å². The van der Waals surface area contributed by atoms with Crippen molar-refractivity contribution < 1.29 is 24.1 Å². The molecule has 1 aromatic rings. The number of hydrogen-bond donors (Lipinski definition) is 2. The number of ether oxygens (including phenoxy) is 3. The molecule has 0 aromatic heterocycles. The summed E-state index contributed by atoms with van der Waals surface area (Å²) in [6, 6.07) is 8.88. The molecule has 33 heavy (non-hydrogen) atoms. The van der Waals surface area contributed by atoms with E-state index in [9.17, 15) is 9.90 Å². The molecule has 0 unspecified atom stereocenters. The number of likely N-dealkylation sites (tertiary alicyclic amines) is 1. The van der Waals surface area contributed by atoms with Gasteiger partial charge in [0.2, 0.25) is 5.91 Å². The summed E-state index contributed by atoms with van der Waals surface area (Å²) in [5, 5.41) is 14.1. The second kappa shape index (κ2) is 11.7. The molecule has 0 radical (unpaired) electrons. The number of hydrogen-bond acceptors (Lipinski definition) is 6. The van der Waals surface area contributed by atoms with Crippen LogP contribution in [0.2, 0.25) is 0 Å². The maximum Gasteiger partial charge on any atom is 0.223 e. The summed E-state index contributed by atoms with van der Waals surface area (Å²) in [5.74, 6) is 1.44. The van der Waals surface area contributed by atoms with Crippen LogP contribution in [0.25, 0.3) is 0 Å². The maximum atomic E-state index is 12.7. The number of benzene rings is 1. The van der Waals surface area contributed by atoms with Crippen LogP contribution in [0.5, 0.6) is 5.75 Å². The fourth-order valence-electron chi connectivity index (χ4n) is 4.14. The fraction of sp³-hybridized carbons (Fsp3) is 0.423. The molecule has 2 atom stereocenters. The van der Waals surface area contributed by atoms with Gasteiger partial charge in [-0.3, -0.25) is 4.79 Å². The van der Waals surface area contributed by atoms with E-state index < -0.39 is 12.1 Å². The third-order valence-electron chi connectivity index (χ3n) is 5.93. The second-order valence-corrected chi connectivity index (χ2v) is 8.44. The van der Waals surface area contributed by atoms with Gasteiger partial charge in [0.1, 0.15) is 24.4 Å². The van der Waals surface area contributed by atoms with Gasteiger partial charge in [0.15, 0.2) is 11.5 Å². The van der Waals surface area contributed by atoms with E-state index in [-0.39, 0.29) is 18.9 Å². The van der Waals surface area contributed by atoms with Crippen molar-refractivity contribution in [2.75, 3.05) is 26.2 Å². The highest BCUT2D eigenvalue weighted by Crippen LogP contribution is 2.28. The minimum Gasteiger partial charge on any atom is -0.493 e. The van der Waals surface area contributed by atoms with E-state index in [1.807, 2.05) is 42.5 Å². The number of nitrogens with one attached hydrogen (secondary N) is 1. The van der Waals surface area contributed by atoms with Crippen molar-refractivity contribution in [1.82, 2.24) is 10.2 Å². The molecule has 2 aliphatic heterocycles. The van der Waals surface area contributed by atoms with Gasteiger partial charge in [-0.05, 0) is 56.5 Å². The molecule has 4 rings (SSSR count). The van der Waals surface area contributed by atoms with Crippen LogP contribution in [0.4, 0.5) is 0 Å². The Hall–Kier alpha value is -3.03. The van der Waals surface area contributed by atoms with Gasteiger partial charge >= 0.3 is 0 Å². The van der Waals surface area contributed by atoms with Gasteiger partial charge < -0.3 is 29.5 Å². The number of carbonyl (C=O) groups is 1. The summed E-state index contributed by atoms with van der Waals surface area (Å²) in [4.78, 5) is 14.9. The lowest BCUT2D eigenvalue weighted by Gasteiger charge is -2.30. The van der Waals surface area contributed by atoms with Gasteiger partial charge in [0.25, 0.3) is 0 Å². The van der Waals surface area contributed by atoms with Crippen LogP contribution in [0.3, 0.4) is 0 Å². The predicted octanol–water partition coefficient (Wildman–Crippen LogP) is 3.40. The Balaban J connectivity index is 1.35. The van der Waals surface area contributed by atoms with E-state index in [2.05, 4.69) is 16.3 Å². The van der Waals surface area contributed by atoms with Crippen molar-refractivity contribution >= 4 is 5.91 Å². The standard InChI is InChI=1S/C26H32N2O5/c29-25(13-16-32-21-11-5-2-6-12-21)27-22(17-28-14-7-8-15-28)26(30)24-19-31-18-23(33-24)20-9-3-1-4-10-20/h1-3,5-6,9,11-12,18-19,22,26,30H,4,7-8,10,13-17H2,(H,27,29)/t22-,26-/m1/s1. The Labute approximate surface area is 195 Å². The lowest BCUT2D eigenvalue weighted by atomic mass is 10.0. The van der Waals surface area contributed by atoms with Crippen LogP contribution >= 0.6 is 0 Å². The van der Waals surface area contributed by atoms with E-state index in [4.69, 9.17) is 14.2 Å². The minimum absolute atomic E-state index is 0.178. The number of nitrogens with zero attached hydrogens (tertiary/aromatic N) is 1. The molecule has 3 aliphatic rings. The highest BCUT2D eigenvalue weighted by molar-refractivity contribution is 5.76. The monoisotopic (exact) mass is 452 g/mol. The van der Waals surface area contributed by atoms with E-state index in [0.29, 0.717) is 18.1 Å². The number of aliphatic hydroxyl groups excluding tert-OH is 1. The molecular formula is C26H32N2O5. The highest BCUT2D eigenvalue weighted by Gasteiger charge is 2.31. The van der Waals surface area contributed by atoms with Gasteiger partial charge in [-0.2, -0.15) is 0 Å². The molecule has 2 N–H and O–H groups in total. The van der Waals surface area contributed by atoms with Crippen molar-refractivity contribution in [3.05, 3.63) is 78.2 Å². The van der Waals surface area contributed by atoms with Crippen molar-refractivity contribution in [2.24, 2.45) is 0 Å². The summed E-state index contributed by atoms with van der Waals surface area (Å²) in [5.41, 5.74) is 1.02. The van der Waals surface area contributed by atoms with Crippen LogP contribution in [0, 0.1) is 0 Å². The van der Waals surface area contributed by atoms with Gasteiger partial charge in [-0.15, -0.1) is 0 Å². The van der Waals surface area contributed by atoms with E-state index in [1.165, 1.54) is 6.26 Å². The molecule has 1 saturated heterocycles. The SMILES string of the molecule is O=C(CCOc1ccccc1)N[C@H](CN1CCCC1)[C@@H](O)C1=COC=C(C2=CC=CCC2)O1. The summed E-state index contributed by atoms with van der Waals surface area (Å²) in [6.45, 7) is 2.71. The van der Waals surface area contributed by atoms with Crippen LogP contribution in [-0.2, 0) is 14.3 Å². The number of carbonyl (C=O) groups excluding carboxylic acids is 1. The average Bonchev–Trinajstić information content (AvgIpc) is 3.38.